The van der Waals surface area contributed by atoms with Crippen molar-refractivity contribution in [1.82, 2.24) is 21.3 Å². The molecule has 0 amide bonds. The third-order valence-corrected chi connectivity index (χ3v) is 7.69. The minimum absolute atomic E-state index is 0.319. The zero-order chi connectivity index (χ0) is 21.4. The van der Waals surface area contributed by atoms with E-state index in [4.69, 9.17) is 12.2 Å². The second-order valence-corrected chi connectivity index (χ2v) is 10.8. The van der Waals surface area contributed by atoms with E-state index in [1.54, 1.807) is 0 Å². The molecule has 0 radical (unpaired) electrons. The second-order valence-electron chi connectivity index (χ2n) is 10.4. The first-order valence-corrected chi connectivity index (χ1v) is 12.7. The molecule has 0 spiro atoms. The number of allylic oxidation sites excluding steroid dienone is 1. The van der Waals surface area contributed by atoms with Crippen LogP contribution in [0.3, 0.4) is 0 Å². The fourth-order valence-corrected chi connectivity index (χ4v) is 6.67. The number of hydrogen-bond donors (Lipinski definition) is 4. The minimum atomic E-state index is 0.319. The van der Waals surface area contributed by atoms with Crippen molar-refractivity contribution in [3.8, 4) is 0 Å². The molecule has 0 heterocycles. The van der Waals surface area contributed by atoms with Crippen LogP contribution in [0.1, 0.15) is 77.6 Å². The van der Waals surface area contributed by atoms with E-state index in [1.165, 1.54) is 44.9 Å². The topological polar surface area (TPSA) is 48.1 Å². The SMILES string of the molecule is C=CCC(C)CCNC(=C)NCCCCCNC(=S)NC12CC3CC(CC(C3)C1)C2. The van der Waals surface area contributed by atoms with Gasteiger partial charge in [-0.3, -0.25) is 0 Å². The smallest absolute Gasteiger partial charge is 0.166 e. The lowest BCUT2D eigenvalue weighted by Gasteiger charge is -2.57. The maximum absolute atomic E-state index is 5.64. The van der Waals surface area contributed by atoms with E-state index in [0.29, 0.717) is 11.5 Å². The van der Waals surface area contributed by atoms with Crippen LogP contribution in [0.4, 0.5) is 0 Å². The Morgan fingerprint density at radius 3 is 2.13 bits per heavy atom. The summed E-state index contributed by atoms with van der Waals surface area (Å²) in [6, 6.07) is 0. The van der Waals surface area contributed by atoms with Crippen molar-refractivity contribution >= 4 is 17.3 Å². The fraction of sp³-hybridized carbons (Fsp3) is 0.800. The van der Waals surface area contributed by atoms with Crippen molar-refractivity contribution < 1.29 is 0 Å². The zero-order valence-electron chi connectivity index (χ0n) is 19.1. The Kier molecular flexibility index (Phi) is 8.91. The van der Waals surface area contributed by atoms with Gasteiger partial charge >= 0.3 is 0 Å². The van der Waals surface area contributed by atoms with Crippen molar-refractivity contribution in [2.24, 2.45) is 23.7 Å². The van der Waals surface area contributed by atoms with Gasteiger partial charge in [0, 0.05) is 25.2 Å². The Morgan fingerprint density at radius 2 is 1.53 bits per heavy atom. The van der Waals surface area contributed by atoms with Gasteiger partial charge in [0.2, 0.25) is 0 Å². The summed E-state index contributed by atoms with van der Waals surface area (Å²) in [5.41, 5.74) is 0.319. The number of nitrogens with one attached hydrogen (secondary N) is 4. The van der Waals surface area contributed by atoms with Gasteiger partial charge in [-0.2, -0.15) is 0 Å². The van der Waals surface area contributed by atoms with E-state index in [2.05, 4.69) is 41.3 Å². The van der Waals surface area contributed by atoms with Crippen LogP contribution in [0, 0.1) is 23.7 Å². The normalized spacial score (nSPS) is 29.8. The van der Waals surface area contributed by atoms with Gasteiger partial charge < -0.3 is 21.3 Å². The molecule has 1 atom stereocenters. The largest absolute Gasteiger partial charge is 0.372 e. The number of thiocarbonyl (C=S) groups is 1. The van der Waals surface area contributed by atoms with Crippen molar-refractivity contribution in [3.05, 3.63) is 25.1 Å². The molecular formula is C25H44N4S. The Morgan fingerprint density at radius 1 is 0.967 bits per heavy atom. The van der Waals surface area contributed by atoms with Crippen LogP contribution in [0.2, 0.25) is 0 Å². The second kappa shape index (κ2) is 11.4. The van der Waals surface area contributed by atoms with Crippen LogP contribution >= 0.6 is 12.2 Å². The Bertz CT molecular complexity index is 552. The molecule has 4 bridgehead atoms. The number of unbranched alkanes of at least 4 members (excludes halogenated alkanes) is 2. The summed E-state index contributed by atoms with van der Waals surface area (Å²) in [6.45, 7) is 13.0. The minimum Gasteiger partial charge on any atom is -0.372 e. The van der Waals surface area contributed by atoms with E-state index in [-0.39, 0.29) is 0 Å². The van der Waals surface area contributed by atoms with Crippen molar-refractivity contribution in [3.63, 3.8) is 0 Å². The van der Waals surface area contributed by atoms with E-state index < -0.39 is 0 Å². The first-order valence-electron chi connectivity index (χ1n) is 12.3. The molecule has 4 rings (SSSR count). The molecule has 30 heavy (non-hydrogen) atoms. The number of hydrogen-bond acceptors (Lipinski definition) is 3. The summed E-state index contributed by atoms with van der Waals surface area (Å²) in [4.78, 5) is 0. The molecule has 0 aromatic rings. The summed E-state index contributed by atoms with van der Waals surface area (Å²) in [6.07, 6.45) is 16.2. The monoisotopic (exact) mass is 432 g/mol. The van der Waals surface area contributed by atoms with E-state index in [9.17, 15) is 0 Å². The zero-order valence-corrected chi connectivity index (χ0v) is 19.9. The van der Waals surface area contributed by atoms with Crippen molar-refractivity contribution in [2.75, 3.05) is 19.6 Å². The summed E-state index contributed by atoms with van der Waals surface area (Å²) >= 11 is 5.64. The molecule has 0 aliphatic heterocycles. The molecule has 5 heteroatoms. The average Bonchev–Trinajstić information content (AvgIpc) is 2.66. The molecule has 0 aromatic heterocycles. The predicted molar refractivity (Wildman–Crippen MR) is 132 cm³/mol. The Labute approximate surface area is 190 Å². The average molecular weight is 433 g/mol. The highest BCUT2D eigenvalue weighted by Crippen LogP contribution is 2.55. The molecule has 4 saturated carbocycles. The Hall–Kier alpha value is -1.23. The summed E-state index contributed by atoms with van der Waals surface area (Å²) in [5, 5.41) is 14.9. The van der Waals surface area contributed by atoms with Gasteiger partial charge in [-0.25, -0.2) is 0 Å². The quantitative estimate of drug-likeness (QED) is 0.180. The predicted octanol–water partition coefficient (Wildman–Crippen LogP) is 4.84. The third kappa shape index (κ3) is 7.18. The van der Waals surface area contributed by atoms with E-state index in [1.807, 2.05) is 6.08 Å². The first-order chi connectivity index (χ1) is 14.5. The van der Waals surface area contributed by atoms with Gasteiger partial charge in [0.1, 0.15) is 0 Å². The van der Waals surface area contributed by atoms with Gasteiger partial charge in [-0.1, -0.05) is 19.6 Å². The van der Waals surface area contributed by atoms with Crippen LogP contribution < -0.4 is 21.3 Å². The number of rotatable bonds is 14. The van der Waals surface area contributed by atoms with Crippen LogP contribution in [0.5, 0.6) is 0 Å². The van der Waals surface area contributed by atoms with Crippen LogP contribution in [-0.2, 0) is 0 Å². The Balaban J connectivity index is 1.17. The first kappa shape index (κ1) is 23.4. The van der Waals surface area contributed by atoms with Crippen LogP contribution in [0.25, 0.3) is 0 Å². The fourth-order valence-electron chi connectivity index (χ4n) is 6.35. The highest BCUT2D eigenvalue weighted by atomic mass is 32.1. The van der Waals surface area contributed by atoms with Crippen LogP contribution in [0.15, 0.2) is 25.1 Å². The maximum Gasteiger partial charge on any atom is 0.166 e. The molecule has 0 aromatic carbocycles. The summed E-state index contributed by atoms with van der Waals surface area (Å²) in [5.74, 6) is 4.50. The van der Waals surface area contributed by atoms with E-state index >= 15 is 0 Å². The van der Waals surface area contributed by atoms with Gasteiger partial charge in [0.25, 0.3) is 0 Å². The molecule has 4 fully saturated rings. The van der Waals surface area contributed by atoms with E-state index in [0.717, 1.165) is 74.0 Å². The van der Waals surface area contributed by atoms with Gasteiger partial charge in [-0.15, -0.1) is 6.58 Å². The highest BCUT2D eigenvalue weighted by molar-refractivity contribution is 7.80. The molecule has 4 aliphatic rings. The molecule has 4 nitrogen and oxygen atoms in total. The lowest BCUT2D eigenvalue weighted by atomic mass is 9.53. The summed E-state index contributed by atoms with van der Waals surface area (Å²) in [7, 11) is 0. The van der Waals surface area contributed by atoms with Crippen LogP contribution in [-0.4, -0.2) is 30.3 Å². The van der Waals surface area contributed by atoms with Gasteiger partial charge in [-0.05, 0) is 107 Å². The van der Waals surface area contributed by atoms with Crippen molar-refractivity contribution in [2.45, 2.75) is 83.1 Å². The molecule has 1 unspecified atom stereocenters. The molecule has 170 valence electrons. The standard InChI is InChI=1S/C25H44N4S/c1-4-8-19(2)9-12-27-20(3)26-10-6-5-7-11-28-24(30)29-25-16-21-13-22(17-25)15-23(14-21)18-25/h4,19,21-23,26-27H,1,3,5-18H2,2H3,(H2,28,29,30). The lowest BCUT2D eigenvalue weighted by molar-refractivity contribution is -0.0101. The molecule has 0 saturated heterocycles. The molecular weight excluding hydrogens is 388 g/mol. The maximum atomic E-state index is 5.64. The van der Waals surface area contributed by atoms with Gasteiger partial charge in [0.05, 0.1) is 5.82 Å². The van der Waals surface area contributed by atoms with Crippen molar-refractivity contribution in [1.29, 1.82) is 0 Å². The molecule has 4 aliphatic carbocycles. The van der Waals surface area contributed by atoms with Gasteiger partial charge in [0.15, 0.2) is 5.11 Å². The highest BCUT2D eigenvalue weighted by Gasteiger charge is 2.51. The lowest BCUT2D eigenvalue weighted by Crippen LogP contribution is -2.61. The third-order valence-electron chi connectivity index (χ3n) is 7.44. The summed E-state index contributed by atoms with van der Waals surface area (Å²) < 4.78 is 0. The molecule has 4 N–H and O–H groups in total.